The van der Waals surface area contributed by atoms with E-state index >= 15 is 0 Å². The highest BCUT2D eigenvalue weighted by atomic mass is 16.6. The molecule has 9 nitrogen and oxygen atoms in total. The standard InChI is InChI=1S/C9H10N6O3/c1-2-14-5-6(3-12-14)18-8-7(15(16)17)4-11-9(10)13-8/h3-5H,2H2,1H3,(H2,10,11,13). The minimum absolute atomic E-state index is 0.0986. The smallest absolute Gasteiger partial charge is 0.349 e. The molecular formula is C9H10N6O3. The van der Waals surface area contributed by atoms with Crippen molar-refractivity contribution >= 4 is 11.6 Å². The van der Waals surface area contributed by atoms with Crippen LogP contribution >= 0.6 is 0 Å². The maximum Gasteiger partial charge on any atom is 0.349 e. The zero-order valence-corrected chi connectivity index (χ0v) is 9.48. The molecule has 0 saturated heterocycles. The number of hydrogen-bond donors (Lipinski definition) is 1. The lowest BCUT2D eigenvalue weighted by Crippen LogP contribution is -2.01. The zero-order valence-electron chi connectivity index (χ0n) is 9.48. The first-order valence-corrected chi connectivity index (χ1v) is 5.07. The number of rotatable bonds is 4. The van der Waals surface area contributed by atoms with E-state index < -0.39 is 4.92 Å². The van der Waals surface area contributed by atoms with Gasteiger partial charge >= 0.3 is 11.6 Å². The van der Waals surface area contributed by atoms with Crippen molar-refractivity contribution in [1.29, 1.82) is 0 Å². The Labute approximate surface area is 101 Å². The van der Waals surface area contributed by atoms with Crippen LogP contribution < -0.4 is 10.5 Å². The second kappa shape index (κ2) is 4.65. The summed E-state index contributed by atoms with van der Waals surface area (Å²) in [4.78, 5) is 17.4. The lowest BCUT2D eigenvalue weighted by Gasteiger charge is -2.02. The summed E-state index contributed by atoms with van der Waals surface area (Å²) in [6.45, 7) is 2.57. The highest BCUT2D eigenvalue weighted by molar-refractivity contribution is 5.43. The van der Waals surface area contributed by atoms with E-state index in [1.807, 2.05) is 6.92 Å². The minimum Gasteiger partial charge on any atom is -0.430 e. The first kappa shape index (κ1) is 11.8. The summed E-state index contributed by atoms with van der Waals surface area (Å²) in [5.74, 6) is 0.0414. The number of anilines is 1. The van der Waals surface area contributed by atoms with Crippen LogP contribution in [0.25, 0.3) is 0 Å². The van der Waals surface area contributed by atoms with Gasteiger partial charge in [-0.15, -0.1) is 0 Å². The number of hydrogen-bond acceptors (Lipinski definition) is 7. The van der Waals surface area contributed by atoms with Gasteiger partial charge in [-0.05, 0) is 6.92 Å². The molecule has 2 rings (SSSR count). The monoisotopic (exact) mass is 250 g/mol. The van der Waals surface area contributed by atoms with Gasteiger partial charge in [0.2, 0.25) is 5.95 Å². The summed E-state index contributed by atoms with van der Waals surface area (Å²) in [6.07, 6.45) is 4.04. The number of nitro groups is 1. The molecule has 0 saturated carbocycles. The van der Waals surface area contributed by atoms with Crippen molar-refractivity contribution in [2.24, 2.45) is 0 Å². The van der Waals surface area contributed by atoms with E-state index in [4.69, 9.17) is 10.5 Å². The van der Waals surface area contributed by atoms with Gasteiger partial charge in [-0.25, -0.2) is 4.98 Å². The van der Waals surface area contributed by atoms with Crippen LogP contribution in [0.2, 0.25) is 0 Å². The fourth-order valence-electron chi connectivity index (χ4n) is 1.25. The molecule has 0 aliphatic carbocycles. The molecule has 0 aromatic carbocycles. The van der Waals surface area contributed by atoms with Crippen LogP contribution in [0.15, 0.2) is 18.6 Å². The van der Waals surface area contributed by atoms with Crippen LogP contribution in [0.1, 0.15) is 6.92 Å². The van der Waals surface area contributed by atoms with Crippen molar-refractivity contribution in [3.8, 4) is 11.6 Å². The maximum atomic E-state index is 10.8. The molecule has 2 aromatic rings. The molecule has 2 N–H and O–H groups in total. The summed E-state index contributed by atoms with van der Waals surface area (Å²) < 4.78 is 6.89. The number of aromatic nitrogens is 4. The molecule has 2 aromatic heterocycles. The van der Waals surface area contributed by atoms with Gasteiger partial charge in [0.05, 0.1) is 17.3 Å². The Balaban J connectivity index is 2.32. The molecule has 2 heterocycles. The van der Waals surface area contributed by atoms with Crippen LogP contribution in [0, 0.1) is 10.1 Å². The van der Waals surface area contributed by atoms with E-state index in [-0.39, 0.29) is 17.5 Å². The van der Waals surface area contributed by atoms with Gasteiger partial charge in [0.15, 0.2) is 5.75 Å². The van der Waals surface area contributed by atoms with Crippen LogP contribution in [-0.2, 0) is 6.54 Å². The molecule has 0 atom stereocenters. The van der Waals surface area contributed by atoms with Crippen molar-refractivity contribution in [3.63, 3.8) is 0 Å². The Hall–Kier alpha value is -2.71. The SMILES string of the molecule is CCn1cc(Oc2nc(N)ncc2[N+](=O)[O-])cn1. The van der Waals surface area contributed by atoms with Crippen LogP contribution in [0.3, 0.4) is 0 Å². The predicted octanol–water partition coefficient (Wildman–Crippen LogP) is 0.976. The van der Waals surface area contributed by atoms with Crippen molar-refractivity contribution < 1.29 is 9.66 Å². The summed E-state index contributed by atoms with van der Waals surface area (Å²) in [7, 11) is 0. The Morgan fingerprint density at radius 1 is 1.56 bits per heavy atom. The van der Waals surface area contributed by atoms with E-state index in [1.54, 1.807) is 10.9 Å². The van der Waals surface area contributed by atoms with E-state index in [0.29, 0.717) is 12.3 Å². The van der Waals surface area contributed by atoms with E-state index in [9.17, 15) is 10.1 Å². The Kier molecular flexibility index (Phi) is 3.04. The molecule has 0 bridgehead atoms. The van der Waals surface area contributed by atoms with Crippen molar-refractivity contribution in [2.75, 3.05) is 5.73 Å². The van der Waals surface area contributed by atoms with Gasteiger partial charge in [0.25, 0.3) is 0 Å². The van der Waals surface area contributed by atoms with Gasteiger partial charge in [-0.1, -0.05) is 0 Å². The van der Waals surface area contributed by atoms with Crippen molar-refractivity contribution in [3.05, 3.63) is 28.7 Å². The van der Waals surface area contributed by atoms with Crippen LogP contribution in [-0.4, -0.2) is 24.7 Å². The fourth-order valence-corrected chi connectivity index (χ4v) is 1.25. The average Bonchev–Trinajstić information content (AvgIpc) is 2.76. The Bertz CT molecular complexity index is 581. The third-order valence-electron chi connectivity index (χ3n) is 2.10. The van der Waals surface area contributed by atoms with E-state index in [1.165, 1.54) is 6.20 Å². The molecule has 0 aliphatic heterocycles. The van der Waals surface area contributed by atoms with Crippen LogP contribution in [0.5, 0.6) is 11.6 Å². The van der Waals surface area contributed by atoms with E-state index in [0.717, 1.165) is 6.20 Å². The highest BCUT2D eigenvalue weighted by Gasteiger charge is 2.19. The van der Waals surface area contributed by atoms with Gasteiger partial charge < -0.3 is 10.5 Å². The maximum absolute atomic E-state index is 10.8. The van der Waals surface area contributed by atoms with Crippen molar-refractivity contribution in [1.82, 2.24) is 19.7 Å². The fraction of sp³-hybridized carbons (Fsp3) is 0.222. The molecule has 0 amide bonds. The molecule has 9 heteroatoms. The second-order valence-corrected chi connectivity index (χ2v) is 3.31. The molecule has 0 unspecified atom stereocenters. The molecule has 0 spiro atoms. The first-order chi connectivity index (χ1) is 8.60. The number of nitrogens with zero attached hydrogens (tertiary/aromatic N) is 5. The molecule has 18 heavy (non-hydrogen) atoms. The minimum atomic E-state index is -0.640. The van der Waals surface area contributed by atoms with Gasteiger partial charge in [0, 0.05) is 6.54 Å². The molecule has 94 valence electrons. The Morgan fingerprint density at radius 2 is 2.33 bits per heavy atom. The lowest BCUT2D eigenvalue weighted by molar-refractivity contribution is -0.386. The summed E-state index contributed by atoms with van der Waals surface area (Å²) in [6, 6.07) is 0. The van der Waals surface area contributed by atoms with Crippen molar-refractivity contribution in [2.45, 2.75) is 13.5 Å². The third-order valence-corrected chi connectivity index (χ3v) is 2.10. The summed E-state index contributed by atoms with van der Waals surface area (Å²) in [5.41, 5.74) is 5.01. The zero-order chi connectivity index (χ0) is 13.1. The highest BCUT2D eigenvalue weighted by Crippen LogP contribution is 2.28. The number of nitrogen functional groups attached to an aromatic ring is 1. The van der Waals surface area contributed by atoms with Gasteiger partial charge in [-0.3, -0.25) is 14.8 Å². The lowest BCUT2D eigenvalue weighted by atomic mass is 10.5. The predicted molar refractivity (Wildman–Crippen MR) is 61.1 cm³/mol. The average molecular weight is 250 g/mol. The van der Waals surface area contributed by atoms with Gasteiger partial charge in [0.1, 0.15) is 6.20 Å². The molecule has 0 radical (unpaired) electrons. The number of nitrogens with two attached hydrogens (primary N) is 1. The quantitative estimate of drug-likeness (QED) is 0.633. The molecular weight excluding hydrogens is 240 g/mol. The third kappa shape index (κ3) is 2.34. The van der Waals surface area contributed by atoms with E-state index in [2.05, 4.69) is 15.1 Å². The summed E-state index contributed by atoms with van der Waals surface area (Å²) >= 11 is 0. The topological polar surface area (TPSA) is 122 Å². The van der Waals surface area contributed by atoms with Gasteiger partial charge in [-0.2, -0.15) is 10.1 Å². The Morgan fingerprint density at radius 3 is 2.94 bits per heavy atom. The molecule has 0 fully saturated rings. The normalized spacial score (nSPS) is 10.3. The van der Waals surface area contributed by atoms with Crippen LogP contribution in [0.4, 0.5) is 11.6 Å². The number of ether oxygens (including phenoxy) is 1. The number of aryl methyl sites for hydroxylation is 1. The largest absolute Gasteiger partial charge is 0.430 e. The molecule has 0 aliphatic rings. The first-order valence-electron chi connectivity index (χ1n) is 5.07. The second-order valence-electron chi connectivity index (χ2n) is 3.31. The summed E-state index contributed by atoms with van der Waals surface area (Å²) in [5, 5.41) is 14.7.